The van der Waals surface area contributed by atoms with Crippen LogP contribution in [-0.2, 0) is 0 Å². The molecule has 4 heteroatoms. The number of nitrogens with zero attached hydrogens (tertiary/aromatic N) is 1. The number of aliphatic hydroxyl groups excluding tert-OH is 1. The summed E-state index contributed by atoms with van der Waals surface area (Å²) in [6.07, 6.45) is 0.993. The number of nitrogens with two attached hydrogens (primary N) is 1. The summed E-state index contributed by atoms with van der Waals surface area (Å²) < 4.78 is 0. The van der Waals surface area contributed by atoms with Crippen molar-refractivity contribution in [3.8, 4) is 0 Å². The van der Waals surface area contributed by atoms with Crippen LogP contribution >= 0.6 is 11.6 Å². The maximum atomic E-state index is 9.16. The van der Waals surface area contributed by atoms with Gasteiger partial charge >= 0.3 is 0 Å². The molecule has 2 atom stereocenters. The monoisotopic (exact) mass is 186 g/mol. The lowest BCUT2D eigenvalue weighted by molar-refractivity contribution is 0.164. The van der Waals surface area contributed by atoms with Gasteiger partial charge in [0.2, 0.25) is 0 Å². The standard InChI is InChI=1S/C8H11ClN2O/c1-5(12)8(10)6-2-3-7(9)11-4-6/h2-5,8,12H,10H2,1H3/t5-,8-/m0/s1. The van der Waals surface area contributed by atoms with E-state index in [0.717, 1.165) is 5.56 Å². The number of halogens is 1. The van der Waals surface area contributed by atoms with Crippen molar-refractivity contribution in [3.05, 3.63) is 29.0 Å². The van der Waals surface area contributed by atoms with Crippen molar-refractivity contribution in [2.24, 2.45) is 5.73 Å². The first-order valence-corrected chi connectivity index (χ1v) is 4.04. The first kappa shape index (κ1) is 9.45. The van der Waals surface area contributed by atoms with Crippen molar-refractivity contribution < 1.29 is 5.11 Å². The van der Waals surface area contributed by atoms with Crippen LogP contribution in [0.3, 0.4) is 0 Å². The molecule has 1 aromatic heterocycles. The fourth-order valence-corrected chi connectivity index (χ4v) is 0.975. The smallest absolute Gasteiger partial charge is 0.129 e. The maximum Gasteiger partial charge on any atom is 0.129 e. The van der Waals surface area contributed by atoms with E-state index in [1.54, 1.807) is 25.3 Å². The van der Waals surface area contributed by atoms with Crippen molar-refractivity contribution in [2.75, 3.05) is 0 Å². The molecule has 0 unspecified atom stereocenters. The van der Waals surface area contributed by atoms with Crippen LogP contribution in [0.1, 0.15) is 18.5 Å². The molecule has 0 aliphatic rings. The summed E-state index contributed by atoms with van der Waals surface area (Å²) in [5.74, 6) is 0. The minimum atomic E-state index is -0.576. The summed E-state index contributed by atoms with van der Waals surface area (Å²) in [6, 6.07) is 3.01. The van der Waals surface area contributed by atoms with Gasteiger partial charge in [-0.25, -0.2) is 4.98 Å². The molecule has 1 aromatic rings. The second-order valence-electron chi connectivity index (χ2n) is 2.68. The van der Waals surface area contributed by atoms with Gasteiger partial charge in [-0.15, -0.1) is 0 Å². The molecule has 3 N–H and O–H groups in total. The summed E-state index contributed by atoms with van der Waals surface area (Å²) in [5.41, 5.74) is 6.44. The van der Waals surface area contributed by atoms with E-state index < -0.39 is 12.1 Å². The number of aliphatic hydroxyl groups is 1. The average Bonchev–Trinajstić information content (AvgIpc) is 2.04. The molecule has 12 heavy (non-hydrogen) atoms. The summed E-state index contributed by atoms with van der Waals surface area (Å²) in [6.45, 7) is 1.64. The van der Waals surface area contributed by atoms with Crippen molar-refractivity contribution in [3.63, 3.8) is 0 Å². The Bertz CT molecular complexity index is 248. The van der Waals surface area contributed by atoms with Gasteiger partial charge in [0.25, 0.3) is 0 Å². The van der Waals surface area contributed by atoms with Gasteiger partial charge in [-0.3, -0.25) is 0 Å². The van der Waals surface area contributed by atoms with E-state index in [4.69, 9.17) is 22.4 Å². The van der Waals surface area contributed by atoms with Crippen LogP contribution in [0.15, 0.2) is 18.3 Å². The van der Waals surface area contributed by atoms with Gasteiger partial charge in [-0.2, -0.15) is 0 Å². The Morgan fingerprint density at radius 1 is 1.58 bits per heavy atom. The van der Waals surface area contributed by atoms with E-state index >= 15 is 0 Å². The van der Waals surface area contributed by atoms with Crippen molar-refractivity contribution in [1.29, 1.82) is 0 Å². The Kier molecular flexibility index (Phi) is 3.03. The molecule has 3 nitrogen and oxygen atoms in total. The molecular formula is C8H11ClN2O. The fourth-order valence-electron chi connectivity index (χ4n) is 0.863. The van der Waals surface area contributed by atoms with Gasteiger partial charge < -0.3 is 10.8 Å². The molecule has 0 saturated carbocycles. The van der Waals surface area contributed by atoms with Crippen LogP contribution in [0.25, 0.3) is 0 Å². The fraction of sp³-hybridized carbons (Fsp3) is 0.375. The van der Waals surface area contributed by atoms with Crippen LogP contribution in [0.2, 0.25) is 5.15 Å². The molecule has 0 amide bonds. The maximum absolute atomic E-state index is 9.16. The zero-order valence-corrected chi connectivity index (χ0v) is 7.49. The molecule has 0 bridgehead atoms. The van der Waals surface area contributed by atoms with Crippen LogP contribution < -0.4 is 5.73 Å². The third-order valence-corrected chi connectivity index (χ3v) is 1.88. The second kappa shape index (κ2) is 3.85. The van der Waals surface area contributed by atoms with E-state index in [1.165, 1.54) is 0 Å². The van der Waals surface area contributed by atoms with E-state index in [9.17, 15) is 0 Å². The third kappa shape index (κ3) is 2.17. The lowest BCUT2D eigenvalue weighted by Gasteiger charge is -2.13. The molecule has 0 aromatic carbocycles. The topological polar surface area (TPSA) is 59.1 Å². The zero-order chi connectivity index (χ0) is 9.14. The Morgan fingerprint density at radius 3 is 2.67 bits per heavy atom. The minimum Gasteiger partial charge on any atom is -0.391 e. The molecule has 0 saturated heterocycles. The number of aromatic nitrogens is 1. The van der Waals surface area contributed by atoms with Gasteiger partial charge in [0.05, 0.1) is 12.1 Å². The minimum absolute atomic E-state index is 0.394. The Labute approximate surface area is 76.2 Å². The molecule has 0 radical (unpaired) electrons. The molecule has 0 fully saturated rings. The van der Waals surface area contributed by atoms with E-state index in [-0.39, 0.29) is 0 Å². The van der Waals surface area contributed by atoms with Gasteiger partial charge in [0, 0.05) is 6.20 Å². The highest BCUT2D eigenvalue weighted by Crippen LogP contribution is 2.14. The first-order valence-electron chi connectivity index (χ1n) is 3.66. The van der Waals surface area contributed by atoms with Gasteiger partial charge in [-0.1, -0.05) is 17.7 Å². The largest absolute Gasteiger partial charge is 0.391 e. The highest BCUT2D eigenvalue weighted by molar-refractivity contribution is 6.29. The second-order valence-corrected chi connectivity index (χ2v) is 3.07. The lowest BCUT2D eigenvalue weighted by atomic mass is 10.1. The molecule has 0 aliphatic heterocycles. The summed E-state index contributed by atoms with van der Waals surface area (Å²) >= 11 is 5.58. The van der Waals surface area contributed by atoms with Crippen LogP contribution in [-0.4, -0.2) is 16.2 Å². The highest BCUT2D eigenvalue weighted by Gasteiger charge is 2.11. The van der Waals surface area contributed by atoms with E-state index in [0.29, 0.717) is 5.15 Å². The Morgan fingerprint density at radius 2 is 2.25 bits per heavy atom. The van der Waals surface area contributed by atoms with Crippen LogP contribution in [0, 0.1) is 0 Å². The quantitative estimate of drug-likeness (QED) is 0.681. The number of hydrogen-bond acceptors (Lipinski definition) is 3. The first-order chi connectivity index (χ1) is 5.61. The predicted octanol–water partition coefficient (Wildman–Crippen LogP) is 1.12. The molecule has 1 rings (SSSR count). The summed E-state index contributed by atoms with van der Waals surface area (Å²) in [5, 5.41) is 9.59. The highest BCUT2D eigenvalue weighted by atomic mass is 35.5. The molecule has 0 spiro atoms. The number of hydrogen-bond donors (Lipinski definition) is 2. The Balaban J connectivity index is 2.82. The van der Waals surface area contributed by atoms with E-state index in [1.807, 2.05) is 0 Å². The summed E-state index contributed by atoms with van der Waals surface area (Å²) in [4.78, 5) is 3.86. The van der Waals surface area contributed by atoms with Crippen LogP contribution in [0.4, 0.5) is 0 Å². The third-order valence-electron chi connectivity index (χ3n) is 1.65. The predicted molar refractivity (Wildman–Crippen MR) is 47.9 cm³/mol. The van der Waals surface area contributed by atoms with Crippen molar-refractivity contribution in [2.45, 2.75) is 19.1 Å². The molecule has 0 aliphatic carbocycles. The summed E-state index contributed by atoms with van der Waals surface area (Å²) in [7, 11) is 0. The van der Waals surface area contributed by atoms with Gasteiger partial charge in [0.15, 0.2) is 0 Å². The van der Waals surface area contributed by atoms with Crippen molar-refractivity contribution in [1.82, 2.24) is 4.98 Å². The lowest BCUT2D eigenvalue weighted by Crippen LogP contribution is -2.23. The van der Waals surface area contributed by atoms with E-state index in [2.05, 4.69) is 4.98 Å². The zero-order valence-electron chi connectivity index (χ0n) is 6.74. The number of pyridine rings is 1. The average molecular weight is 187 g/mol. The molecular weight excluding hydrogens is 176 g/mol. The molecule has 66 valence electrons. The van der Waals surface area contributed by atoms with Crippen molar-refractivity contribution >= 4 is 11.6 Å². The molecule has 1 heterocycles. The van der Waals surface area contributed by atoms with Gasteiger partial charge in [0.1, 0.15) is 5.15 Å². The van der Waals surface area contributed by atoms with Gasteiger partial charge in [-0.05, 0) is 18.6 Å². The normalized spacial score (nSPS) is 15.7. The number of rotatable bonds is 2. The SMILES string of the molecule is C[C@H](O)[C@H](N)c1ccc(Cl)nc1. The van der Waals surface area contributed by atoms with Crippen LogP contribution in [0.5, 0.6) is 0 Å². The Hall–Kier alpha value is -0.640.